The number of sulfonamides is 1. The predicted octanol–water partition coefficient (Wildman–Crippen LogP) is 3.58. The van der Waals surface area contributed by atoms with Gasteiger partial charge < -0.3 is 5.32 Å². The van der Waals surface area contributed by atoms with E-state index in [0.717, 1.165) is 17.2 Å². The SMILES string of the molecule is O=C(CCc1ccc(Cn2cccn2)cc1C(=O)NCc1ccccc1)NS(=O)(=O)c1ccc(F)c(F)c1. The first kappa shape index (κ1) is 26.7. The minimum atomic E-state index is -4.40. The smallest absolute Gasteiger partial charge is 0.264 e. The summed E-state index contributed by atoms with van der Waals surface area (Å²) < 4.78 is 55.0. The molecule has 0 aliphatic heterocycles. The van der Waals surface area contributed by atoms with E-state index in [2.05, 4.69) is 10.4 Å². The number of aryl methyl sites for hydroxylation is 1. The molecule has 0 aliphatic rings. The lowest BCUT2D eigenvalue weighted by Gasteiger charge is -2.13. The largest absolute Gasteiger partial charge is 0.348 e. The molecular weight excluding hydrogens is 514 g/mol. The third-order valence-electron chi connectivity index (χ3n) is 5.69. The Kier molecular flexibility index (Phi) is 8.27. The number of carbonyl (C=O) groups excluding carboxylic acids is 2. The molecule has 0 spiro atoms. The van der Waals surface area contributed by atoms with Crippen molar-refractivity contribution in [1.82, 2.24) is 19.8 Å². The number of carbonyl (C=O) groups is 2. The average molecular weight is 539 g/mol. The first-order valence-electron chi connectivity index (χ1n) is 11.6. The molecule has 2 amide bonds. The molecule has 3 aromatic carbocycles. The zero-order valence-electron chi connectivity index (χ0n) is 20.1. The summed E-state index contributed by atoms with van der Waals surface area (Å²) in [4.78, 5) is 25.0. The molecule has 196 valence electrons. The summed E-state index contributed by atoms with van der Waals surface area (Å²) in [5.41, 5.74) is 2.62. The number of rotatable bonds is 10. The van der Waals surface area contributed by atoms with Crippen molar-refractivity contribution in [2.75, 3.05) is 0 Å². The fourth-order valence-corrected chi connectivity index (χ4v) is 4.78. The van der Waals surface area contributed by atoms with Gasteiger partial charge in [-0.25, -0.2) is 21.9 Å². The molecule has 0 saturated carbocycles. The van der Waals surface area contributed by atoms with Crippen molar-refractivity contribution in [3.63, 3.8) is 0 Å². The van der Waals surface area contributed by atoms with Crippen LogP contribution in [-0.2, 0) is 34.3 Å². The van der Waals surface area contributed by atoms with E-state index in [1.165, 1.54) is 0 Å². The van der Waals surface area contributed by atoms with Gasteiger partial charge >= 0.3 is 0 Å². The van der Waals surface area contributed by atoms with Crippen LogP contribution in [0.1, 0.15) is 33.5 Å². The van der Waals surface area contributed by atoms with Gasteiger partial charge in [0.25, 0.3) is 15.9 Å². The fraction of sp³-hybridized carbons (Fsp3) is 0.148. The molecule has 0 atom stereocenters. The minimum Gasteiger partial charge on any atom is -0.348 e. The van der Waals surface area contributed by atoms with Crippen LogP contribution >= 0.6 is 0 Å². The number of amides is 2. The second-order valence-corrected chi connectivity index (χ2v) is 10.2. The van der Waals surface area contributed by atoms with Crippen molar-refractivity contribution < 1.29 is 26.8 Å². The third kappa shape index (κ3) is 6.88. The highest BCUT2D eigenvalue weighted by atomic mass is 32.2. The van der Waals surface area contributed by atoms with Gasteiger partial charge in [-0.05, 0) is 53.4 Å². The lowest BCUT2D eigenvalue weighted by molar-refractivity contribution is -0.119. The van der Waals surface area contributed by atoms with Crippen molar-refractivity contribution in [2.24, 2.45) is 0 Å². The summed E-state index contributed by atoms with van der Waals surface area (Å²) in [5.74, 6) is -3.75. The van der Waals surface area contributed by atoms with Gasteiger partial charge in [0.2, 0.25) is 5.91 Å². The number of hydrogen-bond donors (Lipinski definition) is 2. The van der Waals surface area contributed by atoms with Crippen LogP contribution in [0.5, 0.6) is 0 Å². The van der Waals surface area contributed by atoms with Crippen LogP contribution in [0.25, 0.3) is 0 Å². The maximum atomic E-state index is 13.5. The Balaban J connectivity index is 1.48. The van der Waals surface area contributed by atoms with Crippen molar-refractivity contribution in [3.05, 3.63) is 119 Å². The molecule has 11 heteroatoms. The van der Waals surface area contributed by atoms with Gasteiger partial charge in [-0.3, -0.25) is 14.3 Å². The molecule has 4 rings (SSSR count). The summed E-state index contributed by atoms with van der Waals surface area (Å²) in [5, 5.41) is 7.05. The highest BCUT2D eigenvalue weighted by molar-refractivity contribution is 7.90. The lowest BCUT2D eigenvalue weighted by Crippen LogP contribution is -2.31. The van der Waals surface area contributed by atoms with E-state index in [1.807, 2.05) is 35.1 Å². The minimum absolute atomic E-state index is 0.0648. The highest BCUT2D eigenvalue weighted by Gasteiger charge is 2.20. The van der Waals surface area contributed by atoms with Crippen LogP contribution in [0.4, 0.5) is 8.78 Å². The number of halogens is 2. The van der Waals surface area contributed by atoms with Crippen LogP contribution in [0.2, 0.25) is 0 Å². The Labute approximate surface area is 218 Å². The Morgan fingerprint density at radius 2 is 1.68 bits per heavy atom. The Hall–Kier alpha value is -4.38. The van der Waals surface area contributed by atoms with E-state index in [9.17, 15) is 26.8 Å². The Morgan fingerprint density at radius 3 is 2.39 bits per heavy atom. The van der Waals surface area contributed by atoms with Crippen molar-refractivity contribution >= 4 is 21.8 Å². The molecule has 4 aromatic rings. The molecule has 8 nitrogen and oxygen atoms in total. The number of nitrogens with zero attached hydrogens (tertiary/aromatic N) is 2. The van der Waals surface area contributed by atoms with E-state index < -0.39 is 32.5 Å². The maximum Gasteiger partial charge on any atom is 0.264 e. The van der Waals surface area contributed by atoms with E-state index in [0.29, 0.717) is 36.3 Å². The molecule has 0 aliphatic carbocycles. The summed E-state index contributed by atoms with van der Waals surface area (Å²) in [6.07, 6.45) is 3.24. The van der Waals surface area contributed by atoms with Crippen LogP contribution in [0.3, 0.4) is 0 Å². The number of nitrogens with one attached hydrogen (secondary N) is 2. The quantitative estimate of drug-likeness (QED) is 0.321. The second-order valence-electron chi connectivity index (χ2n) is 8.47. The first-order chi connectivity index (χ1) is 18.2. The van der Waals surface area contributed by atoms with E-state index in [-0.39, 0.29) is 18.7 Å². The fourth-order valence-electron chi connectivity index (χ4n) is 3.76. The number of aromatic nitrogens is 2. The summed E-state index contributed by atoms with van der Waals surface area (Å²) in [7, 11) is -4.40. The molecule has 0 unspecified atom stereocenters. The molecule has 0 bridgehead atoms. The topological polar surface area (TPSA) is 110 Å². The number of hydrogen-bond acceptors (Lipinski definition) is 5. The summed E-state index contributed by atoms with van der Waals surface area (Å²) in [6.45, 7) is 0.731. The summed E-state index contributed by atoms with van der Waals surface area (Å²) in [6, 6.07) is 18.4. The van der Waals surface area contributed by atoms with Gasteiger partial charge in [-0.2, -0.15) is 5.10 Å². The van der Waals surface area contributed by atoms with Crippen LogP contribution in [0.15, 0.2) is 90.1 Å². The van der Waals surface area contributed by atoms with E-state index in [4.69, 9.17) is 0 Å². The van der Waals surface area contributed by atoms with Gasteiger partial charge in [0.05, 0.1) is 11.4 Å². The zero-order valence-corrected chi connectivity index (χ0v) is 20.9. The first-order valence-corrected chi connectivity index (χ1v) is 13.1. The van der Waals surface area contributed by atoms with E-state index in [1.54, 1.807) is 41.3 Å². The molecule has 1 heterocycles. The molecule has 38 heavy (non-hydrogen) atoms. The standard InChI is InChI=1S/C27H24F2N4O4S/c28-24-11-10-22(16-25(24)29)38(36,37)32-26(34)12-9-21-8-7-20(18-33-14-4-13-31-33)15-23(21)27(35)30-17-19-5-2-1-3-6-19/h1-8,10-11,13-16H,9,12,17-18H2,(H,30,35)(H,32,34). The Bertz CT molecular complexity index is 1540. The third-order valence-corrected chi connectivity index (χ3v) is 7.06. The van der Waals surface area contributed by atoms with Gasteiger partial charge in [0, 0.05) is 30.9 Å². The second kappa shape index (κ2) is 11.8. The Morgan fingerprint density at radius 1 is 0.895 bits per heavy atom. The highest BCUT2D eigenvalue weighted by Crippen LogP contribution is 2.17. The average Bonchev–Trinajstić information content (AvgIpc) is 3.41. The van der Waals surface area contributed by atoms with Gasteiger partial charge in [0.1, 0.15) is 0 Å². The normalized spacial score (nSPS) is 11.2. The van der Waals surface area contributed by atoms with Crippen LogP contribution in [0, 0.1) is 11.6 Å². The molecule has 0 radical (unpaired) electrons. The van der Waals surface area contributed by atoms with Gasteiger partial charge in [0.15, 0.2) is 11.6 Å². The van der Waals surface area contributed by atoms with E-state index >= 15 is 0 Å². The van der Waals surface area contributed by atoms with Gasteiger partial charge in [-0.15, -0.1) is 0 Å². The van der Waals surface area contributed by atoms with Crippen LogP contribution < -0.4 is 10.0 Å². The molecule has 0 fully saturated rings. The predicted molar refractivity (Wildman–Crippen MR) is 135 cm³/mol. The zero-order chi connectivity index (χ0) is 27.1. The molecule has 1 aromatic heterocycles. The van der Waals surface area contributed by atoms with Gasteiger partial charge in [-0.1, -0.05) is 42.5 Å². The van der Waals surface area contributed by atoms with Crippen molar-refractivity contribution in [1.29, 1.82) is 0 Å². The number of benzene rings is 3. The van der Waals surface area contributed by atoms with Crippen molar-refractivity contribution in [2.45, 2.75) is 30.8 Å². The lowest BCUT2D eigenvalue weighted by atomic mass is 9.99. The molecule has 0 saturated heterocycles. The maximum absolute atomic E-state index is 13.5. The summed E-state index contributed by atoms with van der Waals surface area (Å²) >= 11 is 0. The monoisotopic (exact) mass is 538 g/mol. The molecular formula is C27H24F2N4O4S. The van der Waals surface area contributed by atoms with Crippen LogP contribution in [-0.4, -0.2) is 30.0 Å². The molecule has 2 N–H and O–H groups in total. The van der Waals surface area contributed by atoms with Crippen molar-refractivity contribution in [3.8, 4) is 0 Å².